The Kier molecular flexibility index (Phi) is 5.28. The number of rotatable bonds is 5. The van der Waals surface area contributed by atoms with Gasteiger partial charge in [0, 0.05) is 30.8 Å². The summed E-state index contributed by atoms with van der Waals surface area (Å²) in [6.07, 6.45) is 1.19. The molecule has 2 aromatic heterocycles. The van der Waals surface area contributed by atoms with Crippen LogP contribution in [-0.4, -0.2) is 32.1 Å². The first kappa shape index (κ1) is 21.1. The molecule has 33 heavy (non-hydrogen) atoms. The number of amides is 1. The molecule has 1 unspecified atom stereocenters. The van der Waals surface area contributed by atoms with Gasteiger partial charge >= 0.3 is 0 Å². The van der Waals surface area contributed by atoms with E-state index >= 15 is 0 Å². The minimum absolute atomic E-state index is 0.0443. The van der Waals surface area contributed by atoms with Crippen molar-refractivity contribution < 1.29 is 9.32 Å². The van der Waals surface area contributed by atoms with E-state index in [9.17, 15) is 9.59 Å². The van der Waals surface area contributed by atoms with Crippen LogP contribution in [0.2, 0.25) is 0 Å². The fourth-order valence-corrected chi connectivity index (χ4v) is 4.32. The largest absolute Gasteiger partial charge is 0.339 e. The van der Waals surface area contributed by atoms with Gasteiger partial charge in [-0.1, -0.05) is 29.8 Å². The number of fused-ring (bicyclic) bond motifs is 1. The van der Waals surface area contributed by atoms with Crippen LogP contribution in [0.15, 0.2) is 51.8 Å². The molecule has 0 N–H and O–H groups in total. The fraction of sp³-hybridized carbons (Fsp3) is 0.320. The van der Waals surface area contributed by atoms with E-state index in [1.165, 1.54) is 0 Å². The molecule has 1 aliphatic heterocycles. The molecular formula is C25H25N5O3. The van der Waals surface area contributed by atoms with Crippen LogP contribution in [0.3, 0.4) is 0 Å². The Morgan fingerprint density at radius 1 is 1.06 bits per heavy atom. The molecule has 1 aliphatic rings. The van der Waals surface area contributed by atoms with Crippen molar-refractivity contribution in [2.45, 2.75) is 46.1 Å². The van der Waals surface area contributed by atoms with Gasteiger partial charge in [-0.25, -0.2) is 4.98 Å². The molecule has 4 aromatic rings. The Bertz CT molecular complexity index is 1400. The van der Waals surface area contributed by atoms with E-state index in [2.05, 4.69) is 15.1 Å². The van der Waals surface area contributed by atoms with Gasteiger partial charge in [0.15, 0.2) is 0 Å². The number of carbonyl (C=O) groups is 1. The SMILES string of the molecule is CCCn1c(=O)c(C)nc2cc(-c3noc(C4CC(=O)N(c5ccc(C)cc5)C4)n3)ccc21. The molecule has 1 atom stereocenters. The van der Waals surface area contributed by atoms with Crippen LogP contribution >= 0.6 is 0 Å². The molecule has 1 saturated heterocycles. The second-order valence-electron chi connectivity index (χ2n) is 8.55. The highest BCUT2D eigenvalue weighted by atomic mass is 16.5. The van der Waals surface area contributed by atoms with E-state index in [4.69, 9.17) is 4.52 Å². The van der Waals surface area contributed by atoms with Gasteiger partial charge in [-0.05, 0) is 50.6 Å². The summed E-state index contributed by atoms with van der Waals surface area (Å²) in [6, 6.07) is 13.5. The van der Waals surface area contributed by atoms with Crippen LogP contribution in [0.5, 0.6) is 0 Å². The first-order valence-electron chi connectivity index (χ1n) is 11.2. The maximum absolute atomic E-state index is 12.6. The Hall–Kier alpha value is -3.81. The van der Waals surface area contributed by atoms with E-state index in [1.807, 2.05) is 56.3 Å². The van der Waals surface area contributed by atoms with Crippen molar-refractivity contribution in [3.05, 3.63) is 70.0 Å². The van der Waals surface area contributed by atoms with Crippen molar-refractivity contribution in [2.75, 3.05) is 11.4 Å². The monoisotopic (exact) mass is 443 g/mol. The highest BCUT2D eigenvalue weighted by molar-refractivity contribution is 5.96. The van der Waals surface area contributed by atoms with Gasteiger partial charge < -0.3 is 14.0 Å². The number of hydrogen-bond acceptors (Lipinski definition) is 6. The molecule has 8 nitrogen and oxygen atoms in total. The standard InChI is InChI=1S/C25H25N5O3/c1-4-11-29-21-10-7-17(12-20(21)26-16(3)25(29)32)23-27-24(33-28-23)18-13-22(31)30(14-18)19-8-5-15(2)6-9-19/h5-10,12,18H,4,11,13-14H2,1-3H3. The summed E-state index contributed by atoms with van der Waals surface area (Å²) in [5.41, 5.74) is 4.68. The number of hydrogen-bond donors (Lipinski definition) is 0. The lowest BCUT2D eigenvalue weighted by Crippen LogP contribution is -2.24. The molecule has 8 heteroatoms. The maximum atomic E-state index is 12.6. The van der Waals surface area contributed by atoms with E-state index in [-0.39, 0.29) is 17.4 Å². The van der Waals surface area contributed by atoms with Gasteiger partial charge in [0.2, 0.25) is 17.6 Å². The molecule has 0 saturated carbocycles. The van der Waals surface area contributed by atoms with Crippen molar-refractivity contribution in [1.82, 2.24) is 19.7 Å². The predicted molar refractivity (Wildman–Crippen MR) is 125 cm³/mol. The van der Waals surface area contributed by atoms with Crippen molar-refractivity contribution in [1.29, 1.82) is 0 Å². The molecular weight excluding hydrogens is 418 g/mol. The molecule has 2 aromatic carbocycles. The summed E-state index contributed by atoms with van der Waals surface area (Å²) in [5.74, 6) is 0.785. The van der Waals surface area contributed by atoms with E-state index in [1.54, 1.807) is 16.4 Å². The van der Waals surface area contributed by atoms with Crippen molar-refractivity contribution in [3.8, 4) is 11.4 Å². The zero-order valence-corrected chi connectivity index (χ0v) is 18.9. The first-order valence-corrected chi connectivity index (χ1v) is 11.2. The zero-order valence-electron chi connectivity index (χ0n) is 18.9. The van der Waals surface area contributed by atoms with Gasteiger partial charge in [-0.2, -0.15) is 4.98 Å². The molecule has 168 valence electrons. The lowest BCUT2D eigenvalue weighted by molar-refractivity contribution is -0.117. The summed E-state index contributed by atoms with van der Waals surface area (Å²) in [7, 11) is 0. The summed E-state index contributed by atoms with van der Waals surface area (Å²) >= 11 is 0. The third-order valence-corrected chi connectivity index (χ3v) is 6.08. The van der Waals surface area contributed by atoms with Gasteiger partial charge in [0.1, 0.15) is 5.69 Å². The number of benzene rings is 2. The lowest BCUT2D eigenvalue weighted by atomic mass is 10.1. The Labute approximate surface area is 190 Å². The summed E-state index contributed by atoms with van der Waals surface area (Å²) in [4.78, 5) is 35.9. The summed E-state index contributed by atoms with van der Waals surface area (Å²) in [6.45, 7) is 6.93. The van der Waals surface area contributed by atoms with Gasteiger partial charge in [0.05, 0.1) is 17.0 Å². The fourth-order valence-electron chi connectivity index (χ4n) is 4.32. The lowest BCUT2D eigenvalue weighted by Gasteiger charge is -2.16. The number of aryl methyl sites for hydroxylation is 3. The molecule has 1 amide bonds. The quantitative estimate of drug-likeness (QED) is 0.463. The molecule has 1 fully saturated rings. The molecule has 0 radical (unpaired) electrons. The average molecular weight is 444 g/mol. The van der Waals surface area contributed by atoms with Crippen LogP contribution in [0, 0.1) is 13.8 Å². The third-order valence-electron chi connectivity index (χ3n) is 6.08. The summed E-state index contributed by atoms with van der Waals surface area (Å²) < 4.78 is 7.31. The van der Waals surface area contributed by atoms with E-state index in [0.717, 1.165) is 28.8 Å². The van der Waals surface area contributed by atoms with Gasteiger partial charge in [0.25, 0.3) is 5.56 Å². The van der Waals surface area contributed by atoms with E-state index < -0.39 is 0 Å². The highest BCUT2D eigenvalue weighted by Gasteiger charge is 2.35. The first-order chi connectivity index (χ1) is 15.9. The smallest absolute Gasteiger partial charge is 0.272 e. The number of carbonyl (C=O) groups excluding carboxylic acids is 1. The summed E-state index contributed by atoms with van der Waals surface area (Å²) in [5, 5.41) is 4.16. The zero-order chi connectivity index (χ0) is 23.1. The topological polar surface area (TPSA) is 94.1 Å². The predicted octanol–water partition coefficient (Wildman–Crippen LogP) is 3.99. The number of anilines is 1. The van der Waals surface area contributed by atoms with Crippen molar-refractivity contribution in [2.24, 2.45) is 0 Å². The normalized spacial score (nSPS) is 16.2. The maximum Gasteiger partial charge on any atom is 0.272 e. The number of nitrogens with zero attached hydrogens (tertiary/aromatic N) is 5. The Morgan fingerprint density at radius 3 is 2.61 bits per heavy atom. The molecule has 5 rings (SSSR count). The van der Waals surface area contributed by atoms with Crippen LogP contribution in [0.4, 0.5) is 5.69 Å². The van der Waals surface area contributed by atoms with Crippen molar-refractivity contribution >= 4 is 22.6 Å². The van der Waals surface area contributed by atoms with Crippen LogP contribution in [0.1, 0.15) is 42.8 Å². The minimum atomic E-state index is -0.157. The van der Waals surface area contributed by atoms with Gasteiger partial charge in [-0.15, -0.1) is 0 Å². The van der Waals surface area contributed by atoms with Gasteiger partial charge in [-0.3, -0.25) is 9.59 Å². The van der Waals surface area contributed by atoms with Crippen molar-refractivity contribution in [3.63, 3.8) is 0 Å². The molecule has 0 spiro atoms. The average Bonchev–Trinajstić information content (AvgIpc) is 3.44. The minimum Gasteiger partial charge on any atom is -0.339 e. The second-order valence-corrected chi connectivity index (χ2v) is 8.55. The Balaban J connectivity index is 1.43. The second kappa shape index (κ2) is 8.27. The van der Waals surface area contributed by atoms with Crippen LogP contribution in [0.25, 0.3) is 22.4 Å². The van der Waals surface area contributed by atoms with E-state index in [0.29, 0.717) is 42.4 Å². The van der Waals surface area contributed by atoms with Crippen LogP contribution in [-0.2, 0) is 11.3 Å². The Morgan fingerprint density at radius 2 is 1.85 bits per heavy atom. The third kappa shape index (κ3) is 3.82. The molecule has 3 heterocycles. The number of aromatic nitrogens is 4. The highest BCUT2D eigenvalue weighted by Crippen LogP contribution is 2.32. The van der Waals surface area contributed by atoms with Crippen LogP contribution < -0.4 is 10.5 Å². The molecule has 0 bridgehead atoms. The molecule has 0 aliphatic carbocycles.